The molecule has 0 aromatic rings. The number of aliphatic hydroxyl groups is 1. The third kappa shape index (κ3) is 1.12. The van der Waals surface area contributed by atoms with Gasteiger partial charge in [-0.3, -0.25) is 4.79 Å². The van der Waals surface area contributed by atoms with Crippen molar-refractivity contribution in [3.8, 4) is 0 Å². The van der Waals surface area contributed by atoms with E-state index < -0.39 is 6.10 Å². The van der Waals surface area contributed by atoms with E-state index in [1.807, 2.05) is 0 Å². The second-order valence-electron chi connectivity index (χ2n) is 3.90. The lowest BCUT2D eigenvalue weighted by molar-refractivity contribution is -0.155. The van der Waals surface area contributed by atoms with Gasteiger partial charge < -0.3 is 9.84 Å². The van der Waals surface area contributed by atoms with E-state index in [1.54, 1.807) is 0 Å². The molecule has 12 heavy (non-hydrogen) atoms. The monoisotopic (exact) mass is 170 g/mol. The molecule has 3 heteroatoms. The summed E-state index contributed by atoms with van der Waals surface area (Å²) in [6.45, 7) is 1.40. The highest BCUT2D eigenvalue weighted by molar-refractivity contribution is 5.66. The highest BCUT2D eigenvalue weighted by Gasteiger charge is 2.48. The molecule has 0 aromatic heterocycles. The number of hydrogen-bond acceptors (Lipinski definition) is 3. The van der Waals surface area contributed by atoms with Crippen molar-refractivity contribution in [3.05, 3.63) is 0 Å². The molecule has 2 aliphatic rings. The van der Waals surface area contributed by atoms with Gasteiger partial charge in [0.2, 0.25) is 0 Å². The van der Waals surface area contributed by atoms with Crippen LogP contribution in [0.3, 0.4) is 0 Å². The first kappa shape index (κ1) is 8.05. The van der Waals surface area contributed by atoms with Gasteiger partial charge in [-0.25, -0.2) is 0 Å². The summed E-state index contributed by atoms with van der Waals surface area (Å²) in [5, 5.41) is 9.65. The minimum Gasteiger partial charge on any atom is -0.459 e. The smallest absolute Gasteiger partial charge is 0.303 e. The maximum Gasteiger partial charge on any atom is 0.303 e. The van der Waals surface area contributed by atoms with Gasteiger partial charge in [-0.2, -0.15) is 0 Å². The SMILES string of the molecule is CC(=O)O[C@H]1[C@@H]2CC[C@H](C2)[C@@H]1O. The first-order valence-electron chi connectivity index (χ1n) is 4.54. The summed E-state index contributed by atoms with van der Waals surface area (Å²) in [5.41, 5.74) is 0. The molecule has 0 aromatic carbocycles. The number of carbonyl (C=O) groups excluding carboxylic acids is 1. The van der Waals surface area contributed by atoms with Crippen LogP contribution in [0, 0.1) is 11.8 Å². The maximum atomic E-state index is 10.7. The van der Waals surface area contributed by atoms with E-state index in [4.69, 9.17) is 4.74 Å². The van der Waals surface area contributed by atoms with E-state index in [9.17, 15) is 9.90 Å². The zero-order valence-electron chi connectivity index (χ0n) is 7.19. The maximum absolute atomic E-state index is 10.7. The molecule has 4 atom stereocenters. The molecule has 68 valence electrons. The number of carbonyl (C=O) groups is 1. The molecular formula is C9H14O3. The predicted octanol–water partition coefficient (Wildman–Crippen LogP) is 0.709. The molecule has 2 saturated carbocycles. The second kappa shape index (κ2) is 2.73. The van der Waals surface area contributed by atoms with Gasteiger partial charge in [0.25, 0.3) is 0 Å². The Morgan fingerprint density at radius 2 is 2.08 bits per heavy atom. The first-order chi connectivity index (χ1) is 5.68. The van der Waals surface area contributed by atoms with Gasteiger partial charge >= 0.3 is 5.97 Å². The van der Waals surface area contributed by atoms with Crippen LogP contribution in [0.15, 0.2) is 0 Å². The average Bonchev–Trinajstić information content (AvgIpc) is 2.53. The van der Waals surface area contributed by atoms with E-state index in [2.05, 4.69) is 0 Å². The van der Waals surface area contributed by atoms with Gasteiger partial charge in [-0.1, -0.05) is 0 Å². The van der Waals surface area contributed by atoms with Crippen LogP contribution in [0.25, 0.3) is 0 Å². The summed E-state index contributed by atoms with van der Waals surface area (Å²) in [6.07, 6.45) is 2.65. The summed E-state index contributed by atoms with van der Waals surface area (Å²) in [7, 11) is 0. The topological polar surface area (TPSA) is 46.5 Å². The van der Waals surface area contributed by atoms with E-state index >= 15 is 0 Å². The molecule has 0 saturated heterocycles. The Morgan fingerprint density at radius 1 is 1.42 bits per heavy atom. The fourth-order valence-corrected chi connectivity index (χ4v) is 2.57. The third-order valence-electron chi connectivity index (χ3n) is 3.10. The van der Waals surface area contributed by atoms with Crippen molar-refractivity contribution in [2.24, 2.45) is 11.8 Å². The first-order valence-corrected chi connectivity index (χ1v) is 4.54. The summed E-state index contributed by atoms with van der Waals surface area (Å²) in [5.74, 6) is 0.542. The molecule has 0 spiro atoms. The minimum absolute atomic E-state index is 0.207. The summed E-state index contributed by atoms with van der Waals surface area (Å²) >= 11 is 0. The largest absolute Gasteiger partial charge is 0.459 e. The molecule has 0 radical (unpaired) electrons. The number of esters is 1. The molecule has 0 aliphatic heterocycles. The molecule has 2 rings (SSSR count). The van der Waals surface area contributed by atoms with Gasteiger partial charge in [-0.15, -0.1) is 0 Å². The molecule has 0 amide bonds. The normalized spacial score (nSPS) is 44.8. The van der Waals surface area contributed by atoms with Crippen molar-refractivity contribution in [3.63, 3.8) is 0 Å². The van der Waals surface area contributed by atoms with Crippen molar-refractivity contribution < 1.29 is 14.6 Å². The Morgan fingerprint density at radius 3 is 2.58 bits per heavy atom. The molecule has 2 bridgehead atoms. The minimum atomic E-state index is -0.396. The van der Waals surface area contributed by atoms with Crippen LogP contribution in [-0.4, -0.2) is 23.3 Å². The van der Waals surface area contributed by atoms with E-state index in [0.29, 0.717) is 11.8 Å². The number of aliphatic hydroxyl groups excluding tert-OH is 1. The highest BCUT2D eigenvalue weighted by Crippen LogP contribution is 2.45. The number of ether oxygens (including phenoxy) is 1. The van der Waals surface area contributed by atoms with Crippen molar-refractivity contribution in [1.82, 2.24) is 0 Å². The quantitative estimate of drug-likeness (QED) is 0.589. The summed E-state index contributed by atoms with van der Waals surface area (Å²) < 4.78 is 5.07. The fourth-order valence-electron chi connectivity index (χ4n) is 2.57. The van der Waals surface area contributed by atoms with Crippen molar-refractivity contribution in [2.45, 2.75) is 38.4 Å². The van der Waals surface area contributed by atoms with Gasteiger partial charge in [-0.05, 0) is 31.1 Å². The van der Waals surface area contributed by atoms with Crippen molar-refractivity contribution in [2.75, 3.05) is 0 Å². The molecule has 2 fully saturated rings. The zero-order chi connectivity index (χ0) is 8.72. The van der Waals surface area contributed by atoms with Crippen molar-refractivity contribution in [1.29, 1.82) is 0 Å². The van der Waals surface area contributed by atoms with E-state index in [-0.39, 0.29) is 12.1 Å². The van der Waals surface area contributed by atoms with Crippen LogP contribution in [0.1, 0.15) is 26.2 Å². The Kier molecular flexibility index (Phi) is 1.83. The lowest BCUT2D eigenvalue weighted by Gasteiger charge is -2.26. The predicted molar refractivity (Wildman–Crippen MR) is 42.4 cm³/mol. The fraction of sp³-hybridized carbons (Fsp3) is 0.889. The zero-order valence-corrected chi connectivity index (χ0v) is 7.19. The molecule has 1 N–H and O–H groups in total. The van der Waals surface area contributed by atoms with Gasteiger partial charge in [0.15, 0.2) is 0 Å². The Balaban J connectivity index is 2.02. The van der Waals surface area contributed by atoms with Crippen LogP contribution in [0.2, 0.25) is 0 Å². The van der Waals surface area contributed by atoms with Gasteiger partial charge in [0.05, 0.1) is 6.10 Å². The number of fused-ring (bicyclic) bond motifs is 2. The van der Waals surface area contributed by atoms with Crippen LogP contribution >= 0.6 is 0 Å². The molecule has 0 heterocycles. The standard InChI is InChI=1S/C9H14O3/c1-5(10)12-9-7-3-2-6(4-7)8(9)11/h6-9,11H,2-4H2,1H3/t6-,7-,8+,9+/m1/s1. The Hall–Kier alpha value is -0.570. The van der Waals surface area contributed by atoms with Crippen LogP contribution in [0.5, 0.6) is 0 Å². The Bertz CT molecular complexity index is 200. The number of hydrogen-bond donors (Lipinski definition) is 1. The molecular weight excluding hydrogens is 156 g/mol. The molecule has 2 aliphatic carbocycles. The lowest BCUT2D eigenvalue weighted by Crippen LogP contribution is -2.35. The van der Waals surface area contributed by atoms with Crippen LogP contribution < -0.4 is 0 Å². The average molecular weight is 170 g/mol. The third-order valence-corrected chi connectivity index (χ3v) is 3.10. The lowest BCUT2D eigenvalue weighted by atomic mass is 9.95. The van der Waals surface area contributed by atoms with E-state index in [1.165, 1.54) is 6.92 Å². The Labute approximate surface area is 71.7 Å². The summed E-state index contributed by atoms with van der Waals surface area (Å²) in [4.78, 5) is 10.7. The highest BCUT2D eigenvalue weighted by atomic mass is 16.6. The molecule has 0 unspecified atom stereocenters. The van der Waals surface area contributed by atoms with E-state index in [0.717, 1.165) is 19.3 Å². The van der Waals surface area contributed by atoms with Crippen LogP contribution in [0.4, 0.5) is 0 Å². The van der Waals surface area contributed by atoms with Crippen molar-refractivity contribution >= 4 is 5.97 Å². The van der Waals surface area contributed by atoms with Crippen LogP contribution in [-0.2, 0) is 9.53 Å². The summed E-state index contributed by atoms with van der Waals surface area (Å²) in [6, 6.07) is 0. The van der Waals surface area contributed by atoms with Gasteiger partial charge in [0, 0.05) is 6.92 Å². The number of rotatable bonds is 1. The molecule has 3 nitrogen and oxygen atoms in total. The second-order valence-corrected chi connectivity index (χ2v) is 3.90. The van der Waals surface area contributed by atoms with Gasteiger partial charge in [0.1, 0.15) is 6.10 Å².